The van der Waals surface area contributed by atoms with Crippen molar-refractivity contribution >= 4 is 12.0 Å². The lowest BCUT2D eigenvalue weighted by molar-refractivity contribution is -0.137. The Morgan fingerprint density at radius 1 is 1.53 bits per heavy atom. The molecule has 0 saturated heterocycles. The molecule has 1 rings (SSSR count). The number of urea groups is 1. The van der Waals surface area contributed by atoms with Crippen LogP contribution in [0.3, 0.4) is 0 Å². The maximum atomic E-state index is 11.6. The number of rotatable bonds is 4. The number of carboxylic acid groups (broad SMARTS) is 1. The minimum absolute atomic E-state index is 0.0375. The highest BCUT2D eigenvalue weighted by atomic mass is 16.4. The first-order valence-electron chi connectivity index (χ1n) is 5.26. The summed E-state index contributed by atoms with van der Waals surface area (Å²) in [6.07, 6.45) is 3.24. The van der Waals surface area contributed by atoms with E-state index in [1.165, 1.54) is 6.42 Å². The Morgan fingerprint density at radius 2 is 2.13 bits per heavy atom. The van der Waals surface area contributed by atoms with Gasteiger partial charge in [-0.05, 0) is 26.2 Å². The van der Waals surface area contributed by atoms with Crippen LogP contribution in [0.2, 0.25) is 0 Å². The van der Waals surface area contributed by atoms with Gasteiger partial charge in [-0.2, -0.15) is 0 Å². The third-order valence-electron chi connectivity index (χ3n) is 2.79. The number of aliphatic carboxylic acids is 1. The van der Waals surface area contributed by atoms with Crippen LogP contribution in [0, 0.1) is 0 Å². The number of carbonyl (C=O) groups excluding carboxylic acids is 1. The molecule has 1 fully saturated rings. The van der Waals surface area contributed by atoms with Crippen molar-refractivity contribution in [3.8, 4) is 0 Å². The summed E-state index contributed by atoms with van der Waals surface area (Å²) in [6.45, 7) is 1.70. The summed E-state index contributed by atoms with van der Waals surface area (Å²) in [5.41, 5.74) is 0. The van der Waals surface area contributed by atoms with E-state index in [2.05, 4.69) is 5.32 Å². The van der Waals surface area contributed by atoms with Crippen molar-refractivity contribution in [3.63, 3.8) is 0 Å². The van der Waals surface area contributed by atoms with E-state index in [1.54, 1.807) is 18.9 Å². The van der Waals surface area contributed by atoms with Crippen LogP contribution in [-0.4, -0.2) is 41.1 Å². The van der Waals surface area contributed by atoms with Gasteiger partial charge in [0.1, 0.15) is 0 Å². The molecule has 0 heterocycles. The molecular weight excluding hydrogens is 196 g/mol. The fourth-order valence-corrected chi connectivity index (χ4v) is 1.57. The molecule has 5 heteroatoms. The Balaban J connectivity index is 2.30. The molecule has 5 nitrogen and oxygen atoms in total. The molecule has 0 radical (unpaired) electrons. The number of nitrogens with zero attached hydrogens (tertiary/aromatic N) is 1. The quantitative estimate of drug-likeness (QED) is 0.734. The number of hydrogen-bond acceptors (Lipinski definition) is 2. The van der Waals surface area contributed by atoms with E-state index in [9.17, 15) is 9.59 Å². The summed E-state index contributed by atoms with van der Waals surface area (Å²) in [4.78, 5) is 23.7. The predicted molar refractivity (Wildman–Crippen MR) is 55.6 cm³/mol. The molecule has 1 aliphatic carbocycles. The topological polar surface area (TPSA) is 69.6 Å². The molecule has 0 spiro atoms. The molecule has 0 aromatic rings. The number of hydrogen-bond donors (Lipinski definition) is 2. The molecule has 0 bridgehead atoms. The zero-order chi connectivity index (χ0) is 11.4. The average molecular weight is 214 g/mol. The van der Waals surface area contributed by atoms with Crippen molar-refractivity contribution in [1.29, 1.82) is 0 Å². The SMILES string of the molecule is CC(CC(=O)O)NC(=O)N(C)C1CCC1. The minimum Gasteiger partial charge on any atom is -0.481 e. The fraction of sp³-hybridized carbons (Fsp3) is 0.800. The summed E-state index contributed by atoms with van der Waals surface area (Å²) < 4.78 is 0. The standard InChI is InChI=1S/C10H18N2O3/c1-7(6-9(13)14)11-10(15)12(2)8-4-3-5-8/h7-8H,3-6H2,1-2H3,(H,11,15)(H,13,14). The number of nitrogens with one attached hydrogen (secondary N) is 1. The molecule has 15 heavy (non-hydrogen) atoms. The first-order chi connectivity index (χ1) is 7.00. The average Bonchev–Trinajstić information content (AvgIpc) is 1.98. The van der Waals surface area contributed by atoms with Gasteiger partial charge in [0, 0.05) is 19.1 Å². The van der Waals surface area contributed by atoms with Crippen molar-refractivity contribution in [2.75, 3.05) is 7.05 Å². The fourth-order valence-electron chi connectivity index (χ4n) is 1.57. The largest absolute Gasteiger partial charge is 0.481 e. The first kappa shape index (κ1) is 11.8. The van der Waals surface area contributed by atoms with Crippen LogP contribution in [0.5, 0.6) is 0 Å². The summed E-state index contributed by atoms with van der Waals surface area (Å²) in [5, 5.41) is 11.2. The number of carbonyl (C=O) groups is 2. The Kier molecular flexibility index (Phi) is 3.94. The van der Waals surface area contributed by atoms with Gasteiger partial charge in [0.05, 0.1) is 6.42 Å². The second kappa shape index (κ2) is 5.00. The Bertz CT molecular complexity index is 251. The lowest BCUT2D eigenvalue weighted by Gasteiger charge is -2.35. The molecule has 1 saturated carbocycles. The molecule has 1 aliphatic rings. The van der Waals surface area contributed by atoms with E-state index in [-0.39, 0.29) is 18.5 Å². The van der Waals surface area contributed by atoms with Crippen molar-refractivity contribution in [2.45, 2.75) is 44.7 Å². The van der Waals surface area contributed by atoms with Crippen LogP contribution in [0.1, 0.15) is 32.6 Å². The second-order valence-corrected chi connectivity index (χ2v) is 4.14. The first-order valence-corrected chi connectivity index (χ1v) is 5.26. The maximum Gasteiger partial charge on any atom is 0.317 e. The molecule has 2 amide bonds. The van der Waals surface area contributed by atoms with E-state index in [0.717, 1.165) is 12.8 Å². The van der Waals surface area contributed by atoms with Crippen molar-refractivity contribution in [1.82, 2.24) is 10.2 Å². The van der Waals surface area contributed by atoms with Crippen molar-refractivity contribution in [3.05, 3.63) is 0 Å². The summed E-state index contributed by atoms with van der Waals surface area (Å²) in [5.74, 6) is -0.894. The van der Waals surface area contributed by atoms with Gasteiger partial charge in [-0.3, -0.25) is 4.79 Å². The zero-order valence-corrected chi connectivity index (χ0v) is 9.19. The molecular formula is C10H18N2O3. The molecule has 0 aromatic carbocycles. The molecule has 2 N–H and O–H groups in total. The normalized spacial score (nSPS) is 17.7. The van der Waals surface area contributed by atoms with Gasteiger partial charge in [0.15, 0.2) is 0 Å². The van der Waals surface area contributed by atoms with Gasteiger partial charge < -0.3 is 15.3 Å². The van der Waals surface area contributed by atoms with Crippen LogP contribution in [-0.2, 0) is 4.79 Å². The highest BCUT2D eigenvalue weighted by molar-refractivity contribution is 5.76. The third kappa shape index (κ3) is 3.42. The van der Waals surface area contributed by atoms with E-state index in [0.29, 0.717) is 6.04 Å². The van der Waals surface area contributed by atoms with Gasteiger partial charge in [-0.25, -0.2) is 4.79 Å². The summed E-state index contributed by atoms with van der Waals surface area (Å²) >= 11 is 0. The highest BCUT2D eigenvalue weighted by Crippen LogP contribution is 2.23. The molecule has 86 valence electrons. The van der Waals surface area contributed by atoms with E-state index < -0.39 is 5.97 Å². The summed E-state index contributed by atoms with van der Waals surface area (Å²) in [7, 11) is 1.76. The van der Waals surface area contributed by atoms with E-state index in [4.69, 9.17) is 5.11 Å². The van der Waals surface area contributed by atoms with Crippen LogP contribution in [0.4, 0.5) is 4.79 Å². The van der Waals surface area contributed by atoms with Gasteiger partial charge in [-0.1, -0.05) is 0 Å². The minimum atomic E-state index is -0.894. The third-order valence-corrected chi connectivity index (χ3v) is 2.79. The number of amides is 2. The van der Waals surface area contributed by atoms with Gasteiger partial charge in [0.2, 0.25) is 0 Å². The van der Waals surface area contributed by atoms with Gasteiger partial charge in [0.25, 0.3) is 0 Å². The molecule has 0 aromatic heterocycles. The Hall–Kier alpha value is -1.26. The molecule has 1 unspecified atom stereocenters. The summed E-state index contributed by atoms with van der Waals surface area (Å²) in [6, 6.07) is -0.159. The lowest BCUT2D eigenvalue weighted by Crippen LogP contribution is -2.49. The Labute approximate surface area is 89.4 Å². The second-order valence-electron chi connectivity index (χ2n) is 4.14. The maximum absolute atomic E-state index is 11.6. The number of carboxylic acids is 1. The van der Waals surface area contributed by atoms with Crippen molar-refractivity contribution in [2.24, 2.45) is 0 Å². The molecule has 1 atom stereocenters. The highest BCUT2D eigenvalue weighted by Gasteiger charge is 2.26. The van der Waals surface area contributed by atoms with Gasteiger partial charge >= 0.3 is 12.0 Å². The van der Waals surface area contributed by atoms with Crippen LogP contribution in [0.15, 0.2) is 0 Å². The van der Waals surface area contributed by atoms with Gasteiger partial charge in [-0.15, -0.1) is 0 Å². The monoisotopic (exact) mass is 214 g/mol. The van der Waals surface area contributed by atoms with Crippen LogP contribution in [0.25, 0.3) is 0 Å². The molecule has 0 aliphatic heterocycles. The van der Waals surface area contributed by atoms with Crippen molar-refractivity contribution < 1.29 is 14.7 Å². The smallest absolute Gasteiger partial charge is 0.317 e. The van der Waals surface area contributed by atoms with Crippen LogP contribution < -0.4 is 5.32 Å². The lowest BCUT2D eigenvalue weighted by atomic mass is 9.92. The Morgan fingerprint density at radius 3 is 2.53 bits per heavy atom. The predicted octanol–water partition coefficient (Wildman–Crippen LogP) is 1.04. The van der Waals surface area contributed by atoms with E-state index in [1.807, 2.05) is 0 Å². The van der Waals surface area contributed by atoms with Crippen LogP contribution >= 0.6 is 0 Å². The van der Waals surface area contributed by atoms with E-state index >= 15 is 0 Å². The zero-order valence-electron chi connectivity index (χ0n) is 9.19.